The van der Waals surface area contributed by atoms with Crippen LogP contribution in [0.25, 0.3) is 0 Å². The van der Waals surface area contributed by atoms with E-state index in [1.165, 1.54) is 0 Å². The first kappa shape index (κ1) is 16.6. The number of carbonyl (C=O) groups is 2. The zero-order chi connectivity index (χ0) is 17.9. The fourth-order valence-corrected chi connectivity index (χ4v) is 3.23. The highest BCUT2D eigenvalue weighted by atomic mass is 16.5. The molecule has 2 aromatic carbocycles. The van der Waals surface area contributed by atoms with Crippen molar-refractivity contribution in [2.45, 2.75) is 25.5 Å². The van der Waals surface area contributed by atoms with Crippen molar-refractivity contribution in [3.63, 3.8) is 0 Å². The highest BCUT2D eigenvalue weighted by Crippen LogP contribution is 2.35. The molecule has 4 rings (SSSR count). The number of nitrogens with zero attached hydrogens (tertiary/aromatic N) is 1. The van der Waals surface area contributed by atoms with Gasteiger partial charge in [-0.1, -0.05) is 30.3 Å². The number of hydrogen-bond donors (Lipinski definition) is 1. The summed E-state index contributed by atoms with van der Waals surface area (Å²) < 4.78 is 11.0. The third-order valence-corrected chi connectivity index (χ3v) is 4.58. The maximum absolute atomic E-state index is 12.4. The second-order valence-electron chi connectivity index (χ2n) is 6.43. The number of carbonyl (C=O) groups excluding carboxylic acids is 2. The Morgan fingerprint density at radius 3 is 2.81 bits per heavy atom. The maximum Gasteiger partial charge on any atom is 0.265 e. The smallest absolute Gasteiger partial charge is 0.265 e. The van der Waals surface area contributed by atoms with Gasteiger partial charge in [-0.3, -0.25) is 9.59 Å². The largest absolute Gasteiger partial charge is 0.482 e. The molecule has 1 N–H and O–H groups in total. The molecule has 1 saturated heterocycles. The summed E-state index contributed by atoms with van der Waals surface area (Å²) in [6, 6.07) is 15.1. The van der Waals surface area contributed by atoms with Gasteiger partial charge in [0.1, 0.15) is 11.9 Å². The van der Waals surface area contributed by atoms with E-state index < -0.39 is 6.10 Å². The molecule has 1 unspecified atom stereocenters. The highest BCUT2D eigenvalue weighted by molar-refractivity contribution is 6.00. The molecule has 0 spiro atoms. The van der Waals surface area contributed by atoms with Crippen molar-refractivity contribution in [1.82, 2.24) is 0 Å². The first-order chi connectivity index (χ1) is 12.7. The Hall–Kier alpha value is -2.86. The van der Waals surface area contributed by atoms with E-state index in [2.05, 4.69) is 5.32 Å². The molecule has 1 fully saturated rings. The molecule has 26 heavy (non-hydrogen) atoms. The molecule has 2 amide bonds. The monoisotopic (exact) mass is 352 g/mol. The molecule has 1 atom stereocenters. The Labute approximate surface area is 151 Å². The average molecular weight is 352 g/mol. The van der Waals surface area contributed by atoms with Crippen LogP contribution in [-0.4, -0.2) is 31.1 Å². The lowest BCUT2D eigenvalue weighted by Gasteiger charge is -2.30. The molecule has 134 valence electrons. The van der Waals surface area contributed by atoms with E-state index in [9.17, 15) is 9.59 Å². The molecule has 2 aliphatic rings. The number of ether oxygens (including phenoxy) is 2. The molecule has 2 aliphatic heterocycles. The van der Waals surface area contributed by atoms with Crippen LogP contribution in [0.1, 0.15) is 18.4 Å². The van der Waals surface area contributed by atoms with Crippen LogP contribution in [0.2, 0.25) is 0 Å². The number of hydrogen-bond acceptors (Lipinski definition) is 4. The fourth-order valence-electron chi connectivity index (χ4n) is 3.23. The van der Waals surface area contributed by atoms with Gasteiger partial charge in [0.15, 0.2) is 6.61 Å². The van der Waals surface area contributed by atoms with Gasteiger partial charge in [0, 0.05) is 12.3 Å². The van der Waals surface area contributed by atoms with Crippen LogP contribution in [0.4, 0.5) is 11.4 Å². The van der Waals surface area contributed by atoms with Gasteiger partial charge in [-0.15, -0.1) is 0 Å². The zero-order valence-electron chi connectivity index (χ0n) is 14.3. The topological polar surface area (TPSA) is 67.9 Å². The molecule has 2 heterocycles. The maximum atomic E-state index is 12.4. The third-order valence-electron chi connectivity index (χ3n) is 4.58. The molecule has 0 radical (unpaired) electrons. The van der Waals surface area contributed by atoms with Gasteiger partial charge in [-0.2, -0.15) is 0 Å². The summed E-state index contributed by atoms with van der Waals surface area (Å²) in [5.74, 6) is 0.375. The summed E-state index contributed by atoms with van der Waals surface area (Å²) in [5.41, 5.74) is 2.32. The summed E-state index contributed by atoms with van der Waals surface area (Å²) in [6.07, 6.45) is 1.23. The van der Waals surface area contributed by atoms with Gasteiger partial charge in [0.25, 0.3) is 11.8 Å². The van der Waals surface area contributed by atoms with Crippen LogP contribution in [0.15, 0.2) is 48.5 Å². The quantitative estimate of drug-likeness (QED) is 0.919. The predicted octanol–water partition coefficient (Wildman–Crippen LogP) is 2.73. The van der Waals surface area contributed by atoms with Crippen molar-refractivity contribution in [1.29, 1.82) is 0 Å². The van der Waals surface area contributed by atoms with Gasteiger partial charge < -0.3 is 19.7 Å². The normalized spacial score (nSPS) is 19.0. The lowest BCUT2D eigenvalue weighted by Crippen LogP contribution is -2.38. The van der Waals surface area contributed by atoms with E-state index in [1.54, 1.807) is 23.1 Å². The minimum Gasteiger partial charge on any atom is -0.482 e. The summed E-state index contributed by atoms with van der Waals surface area (Å²) in [5, 5.41) is 2.88. The molecule has 0 saturated carbocycles. The first-order valence-electron chi connectivity index (χ1n) is 8.74. The van der Waals surface area contributed by atoms with Gasteiger partial charge in [-0.05, 0) is 36.6 Å². The molecule has 2 aromatic rings. The van der Waals surface area contributed by atoms with Crippen molar-refractivity contribution in [2.75, 3.05) is 23.4 Å². The SMILES string of the molecule is O=C(Nc1ccc2c(c1)N(Cc1ccccc1)C(=O)CO2)C1CCCO1. The van der Waals surface area contributed by atoms with Crippen LogP contribution in [0, 0.1) is 0 Å². The lowest BCUT2D eigenvalue weighted by atomic mass is 10.1. The molecule has 0 aromatic heterocycles. The average Bonchev–Trinajstić information content (AvgIpc) is 3.20. The van der Waals surface area contributed by atoms with Gasteiger partial charge in [-0.25, -0.2) is 0 Å². The summed E-state index contributed by atoms with van der Waals surface area (Å²) in [7, 11) is 0. The van der Waals surface area contributed by atoms with E-state index in [4.69, 9.17) is 9.47 Å². The zero-order valence-corrected chi connectivity index (χ0v) is 14.3. The summed E-state index contributed by atoms with van der Waals surface area (Å²) >= 11 is 0. The van der Waals surface area contributed by atoms with Crippen LogP contribution in [0.5, 0.6) is 5.75 Å². The number of fused-ring (bicyclic) bond motifs is 1. The van der Waals surface area contributed by atoms with E-state index in [-0.39, 0.29) is 18.4 Å². The van der Waals surface area contributed by atoms with Crippen molar-refractivity contribution in [3.8, 4) is 5.75 Å². The minimum absolute atomic E-state index is 0.0153. The highest BCUT2D eigenvalue weighted by Gasteiger charge is 2.27. The number of benzene rings is 2. The molecular weight excluding hydrogens is 332 g/mol. The number of amides is 2. The fraction of sp³-hybridized carbons (Fsp3) is 0.300. The molecular formula is C20H20N2O4. The van der Waals surface area contributed by atoms with E-state index in [0.717, 1.165) is 18.4 Å². The van der Waals surface area contributed by atoms with Gasteiger partial charge in [0.05, 0.1) is 12.2 Å². The van der Waals surface area contributed by atoms with E-state index >= 15 is 0 Å². The second kappa shape index (κ2) is 7.17. The molecule has 0 aliphatic carbocycles. The Morgan fingerprint density at radius 2 is 2.04 bits per heavy atom. The van der Waals surface area contributed by atoms with Crippen molar-refractivity contribution >= 4 is 23.2 Å². The van der Waals surface area contributed by atoms with Crippen LogP contribution >= 0.6 is 0 Å². The number of anilines is 2. The summed E-state index contributed by atoms with van der Waals surface area (Å²) in [6.45, 7) is 1.09. The van der Waals surface area contributed by atoms with Crippen LogP contribution in [-0.2, 0) is 20.9 Å². The third kappa shape index (κ3) is 3.41. The Kier molecular flexibility index (Phi) is 4.58. The lowest BCUT2D eigenvalue weighted by molar-refractivity contribution is -0.124. The summed E-state index contributed by atoms with van der Waals surface area (Å²) in [4.78, 5) is 26.4. The van der Waals surface area contributed by atoms with Crippen molar-refractivity contribution in [2.24, 2.45) is 0 Å². The second-order valence-corrected chi connectivity index (χ2v) is 6.43. The van der Waals surface area contributed by atoms with Crippen molar-refractivity contribution in [3.05, 3.63) is 54.1 Å². The first-order valence-corrected chi connectivity index (χ1v) is 8.74. The van der Waals surface area contributed by atoms with Gasteiger partial charge >= 0.3 is 0 Å². The van der Waals surface area contributed by atoms with E-state index in [0.29, 0.717) is 30.3 Å². The number of rotatable bonds is 4. The van der Waals surface area contributed by atoms with Crippen molar-refractivity contribution < 1.29 is 19.1 Å². The molecule has 6 nitrogen and oxygen atoms in total. The van der Waals surface area contributed by atoms with E-state index in [1.807, 2.05) is 30.3 Å². The standard InChI is InChI=1S/C20H20N2O4/c23-19-13-26-17-9-8-15(21-20(24)18-7-4-10-25-18)11-16(17)22(19)12-14-5-2-1-3-6-14/h1-3,5-6,8-9,11,18H,4,7,10,12-13H2,(H,21,24). The Balaban J connectivity index is 1.57. The molecule has 6 heteroatoms. The number of nitrogens with one attached hydrogen (secondary N) is 1. The Morgan fingerprint density at radius 1 is 1.19 bits per heavy atom. The van der Waals surface area contributed by atoms with Crippen LogP contribution < -0.4 is 15.0 Å². The van der Waals surface area contributed by atoms with Crippen LogP contribution in [0.3, 0.4) is 0 Å². The predicted molar refractivity (Wildman–Crippen MR) is 97.2 cm³/mol. The van der Waals surface area contributed by atoms with Gasteiger partial charge in [0.2, 0.25) is 0 Å². The minimum atomic E-state index is -0.399. The molecule has 0 bridgehead atoms. The Bertz CT molecular complexity index is 816.